The predicted octanol–water partition coefficient (Wildman–Crippen LogP) is 7.13. The van der Waals surface area contributed by atoms with Gasteiger partial charge in [-0.15, -0.1) is 0 Å². The molecule has 1 unspecified atom stereocenters. The lowest BCUT2D eigenvalue weighted by atomic mass is 9.63. The third kappa shape index (κ3) is 7.37. The van der Waals surface area contributed by atoms with Crippen LogP contribution in [-0.2, 0) is 26.3 Å². The number of rotatable bonds is 4. The van der Waals surface area contributed by atoms with Gasteiger partial charge in [0.1, 0.15) is 11.4 Å². The number of benzene rings is 2. The fourth-order valence-electron chi connectivity index (χ4n) is 10.8. The second-order valence-corrected chi connectivity index (χ2v) is 20.4. The Morgan fingerprint density at radius 3 is 2.74 bits per heavy atom. The summed E-state index contributed by atoms with van der Waals surface area (Å²) in [6.45, 7) is 14.5. The molecule has 294 valence electrons. The van der Waals surface area contributed by atoms with Crippen molar-refractivity contribution in [2.75, 3.05) is 63.9 Å². The maximum Gasteiger partial charge on any atom is 0.262 e. The summed E-state index contributed by atoms with van der Waals surface area (Å²) in [5, 5.41) is 0.453. The zero-order valence-corrected chi connectivity index (χ0v) is 34.3. The molecule has 2 aromatic carbocycles. The molecule has 2 aliphatic carbocycles. The molecule has 2 aromatic rings. The molecule has 1 N–H and O–H groups in total. The zero-order chi connectivity index (χ0) is 37.7. The fourth-order valence-corrected chi connectivity index (χ4v) is 12.5. The van der Waals surface area contributed by atoms with E-state index in [4.69, 9.17) is 21.1 Å². The molecule has 1 saturated carbocycles. The van der Waals surface area contributed by atoms with Gasteiger partial charge in [0.05, 0.1) is 22.0 Å². The maximum atomic E-state index is 14.1. The first-order valence-corrected chi connectivity index (χ1v) is 22.9. The van der Waals surface area contributed by atoms with Crippen molar-refractivity contribution in [1.29, 1.82) is 0 Å². The monoisotopic (exact) mass is 776 g/mol. The molecular weight excluding hydrogens is 716 g/mol. The number of fused-ring (bicyclic) bond motifs is 5. The molecule has 1 amide bonds. The Hall–Kier alpha value is -2.56. The number of halogens is 1. The smallest absolute Gasteiger partial charge is 0.262 e. The van der Waals surface area contributed by atoms with Gasteiger partial charge in [-0.3, -0.25) is 19.3 Å². The van der Waals surface area contributed by atoms with Crippen molar-refractivity contribution in [2.45, 2.75) is 101 Å². The van der Waals surface area contributed by atoms with E-state index in [0.717, 1.165) is 94.3 Å². The van der Waals surface area contributed by atoms with Gasteiger partial charge in [-0.1, -0.05) is 43.2 Å². The topological polar surface area (TPSA) is 74.4 Å². The molecule has 4 heterocycles. The number of hydrogen-bond acceptors (Lipinski definition) is 7. The molecule has 0 radical (unpaired) electrons. The maximum absolute atomic E-state index is 14.1. The number of hydrogen-bond donors (Lipinski definition) is 1. The van der Waals surface area contributed by atoms with Crippen LogP contribution in [0.4, 0.5) is 5.69 Å². The molecule has 1 spiro atoms. The lowest BCUT2D eigenvalue weighted by molar-refractivity contribution is -0.116. The number of nitrogens with zero attached hydrogens (tertiary/aromatic N) is 3. The molecule has 4 aliphatic heterocycles. The van der Waals surface area contributed by atoms with Crippen LogP contribution in [0.2, 0.25) is 5.02 Å². The minimum Gasteiger partial charge on any atom is -0.490 e. The van der Waals surface area contributed by atoms with Gasteiger partial charge in [-0.2, -0.15) is 0 Å². The highest BCUT2D eigenvalue weighted by molar-refractivity contribution is 7.99. The Morgan fingerprint density at radius 2 is 1.93 bits per heavy atom. The Bertz CT molecular complexity index is 1850. The number of carbonyl (C=O) groups is 1. The van der Waals surface area contributed by atoms with Crippen LogP contribution in [0.15, 0.2) is 48.6 Å². The van der Waals surface area contributed by atoms with Gasteiger partial charge in [0, 0.05) is 73.2 Å². The van der Waals surface area contributed by atoms with E-state index < -0.39 is 15.3 Å². The van der Waals surface area contributed by atoms with Crippen LogP contribution in [-0.4, -0.2) is 102 Å². The summed E-state index contributed by atoms with van der Waals surface area (Å²) in [6, 6.07) is 12.7. The summed E-state index contributed by atoms with van der Waals surface area (Å²) in [4.78, 5) is 21.8. The third-order valence-electron chi connectivity index (χ3n) is 14.2. The van der Waals surface area contributed by atoms with E-state index in [1.807, 2.05) is 31.2 Å². The van der Waals surface area contributed by atoms with E-state index >= 15 is 0 Å². The van der Waals surface area contributed by atoms with Crippen LogP contribution < -0.4 is 14.4 Å². The number of allylic oxidation sites excluding steroid dienone is 1. The number of anilines is 1. The highest BCUT2D eigenvalue weighted by Crippen LogP contribution is 2.49. The van der Waals surface area contributed by atoms with Crippen LogP contribution in [0.1, 0.15) is 93.6 Å². The van der Waals surface area contributed by atoms with Crippen molar-refractivity contribution in [3.05, 3.63) is 70.3 Å². The van der Waals surface area contributed by atoms with Crippen molar-refractivity contribution in [3.8, 4) is 5.75 Å². The summed E-state index contributed by atoms with van der Waals surface area (Å²) < 4.78 is 30.9. The highest BCUT2D eigenvalue weighted by Gasteiger charge is 2.50. The molecule has 10 heteroatoms. The zero-order valence-electron chi connectivity index (χ0n) is 32.7. The minimum absolute atomic E-state index is 0.0436. The van der Waals surface area contributed by atoms with Gasteiger partial charge < -0.3 is 14.4 Å². The number of piperazine rings is 1. The fraction of sp³-hybridized carbons (Fsp3) is 0.636. The average molecular weight is 778 g/mol. The summed E-state index contributed by atoms with van der Waals surface area (Å²) in [5.74, 6) is 5.32. The van der Waals surface area contributed by atoms with Gasteiger partial charge in [0.25, 0.3) is 5.91 Å². The number of piperidine rings is 1. The molecule has 2 bridgehead atoms. The van der Waals surface area contributed by atoms with E-state index in [2.05, 4.69) is 63.4 Å². The van der Waals surface area contributed by atoms with Crippen molar-refractivity contribution < 1.29 is 18.5 Å². The molecule has 2 saturated heterocycles. The van der Waals surface area contributed by atoms with E-state index in [9.17, 15) is 9.00 Å². The molecule has 54 heavy (non-hydrogen) atoms. The van der Waals surface area contributed by atoms with Crippen LogP contribution >= 0.6 is 11.6 Å². The molecule has 8 rings (SSSR count). The van der Waals surface area contributed by atoms with E-state index in [0.29, 0.717) is 36.7 Å². The SMILES string of the molecule is C=S1(=O)NC(=O)c2ccc3c(c2)N(C[C@@H]2CC[C@H]2[C@](CN2CCN4CCCC[C@@H]4C2)(OCC)/C=C/C[C@H](C)[C@H]1C)C[C@@]1(CCCc2cc(Cl)ccc21)CO3. The number of aryl methyl sites for hydroxylation is 1. The number of nitrogens with one attached hydrogen (secondary N) is 1. The van der Waals surface area contributed by atoms with Gasteiger partial charge in [-0.05, 0) is 137 Å². The van der Waals surface area contributed by atoms with Gasteiger partial charge in [-0.25, -0.2) is 4.21 Å². The number of ether oxygens (including phenoxy) is 2. The molecular formula is C44H61ClN4O4S. The van der Waals surface area contributed by atoms with Crippen molar-refractivity contribution in [1.82, 2.24) is 14.5 Å². The standard InChI is InChI=1S/C44H61ClN4O4S/c1-5-53-44(29-47-22-23-48-21-7-6-12-37(48)27-47)20-8-10-31(2)32(3)54(4,51)46-42(50)34-14-18-41-40(25-34)49(26-35-13-16-39(35)44)28-43(30-52-41)19-9-11-33-24-36(45)15-17-38(33)43/h8,14-15,17-18,20,24-25,31-32,35,37,39H,4-7,9-13,16,19,21-23,26-30H2,1-3H3,(H,46,50,51)/b20-8+/t31-,32+,35-,37+,39+,43-,44-,54?/m0/s1. The van der Waals surface area contributed by atoms with Gasteiger partial charge in [0.15, 0.2) is 0 Å². The summed E-state index contributed by atoms with van der Waals surface area (Å²) in [5.41, 5.74) is 3.40. The largest absolute Gasteiger partial charge is 0.490 e. The lowest BCUT2D eigenvalue weighted by Crippen LogP contribution is -2.61. The minimum atomic E-state index is -2.95. The summed E-state index contributed by atoms with van der Waals surface area (Å²) in [6.07, 6.45) is 14.7. The summed E-state index contributed by atoms with van der Waals surface area (Å²) >= 11 is 6.54. The molecule has 3 fully saturated rings. The molecule has 8 atom stereocenters. The van der Waals surface area contributed by atoms with E-state index in [1.165, 1.54) is 36.9 Å². The Morgan fingerprint density at radius 1 is 1.06 bits per heavy atom. The first kappa shape index (κ1) is 38.3. The highest BCUT2D eigenvalue weighted by atomic mass is 35.5. The van der Waals surface area contributed by atoms with Crippen LogP contribution in [0, 0.1) is 17.8 Å². The Kier molecular flexibility index (Phi) is 10.9. The lowest BCUT2D eigenvalue weighted by Gasteiger charge is -2.53. The third-order valence-corrected chi connectivity index (χ3v) is 16.6. The van der Waals surface area contributed by atoms with Crippen LogP contribution in [0.25, 0.3) is 0 Å². The number of carbonyl (C=O) groups excluding carboxylic acids is 1. The first-order chi connectivity index (χ1) is 26.0. The molecule has 0 aromatic heterocycles. The van der Waals surface area contributed by atoms with Crippen LogP contribution in [0.5, 0.6) is 5.75 Å². The van der Waals surface area contributed by atoms with Gasteiger partial charge in [0.2, 0.25) is 0 Å². The van der Waals surface area contributed by atoms with Crippen molar-refractivity contribution in [2.24, 2.45) is 17.8 Å². The predicted molar refractivity (Wildman–Crippen MR) is 222 cm³/mol. The van der Waals surface area contributed by atoms with Crippen molar-refractivity contribution in [3.63, 3.8) is 0 Å². The van der Waals surface area contributed by atoms with E-state index in [1.54, 1.807) is 0 Å². The molecule has 6 aliphatic rings. The van der Waals surface area contributed by atoms with Crippen LogP contribution in [0.3, 0.4) is 0 Å². The number of amides is 1. The Balaban J connectivity index is 1.20. The Labute approximate surface area is 329 Å². The van der Waals surface area contributed by atoms with E-state index in [-0.39, 0.29) is 22.5 Å². The second kappa shape index (κ2) is 15.4. The van der Waals surface area contributed by atoms with Crippen molar-refractivity contribution >= 4 is 38.8 Å². The normalized spacial score (nSPS) is 36.8. The second-order valence-electron chi connectivity index (χ2n) is 17.5. The average Bonchev–Trinajstić information content (AvgIpc) is 3.29. The summed E-state index contributed by atoms with van der Waals surface area (Å²) in [7, 11) is -2.95. The molecule has 8 nitrogen and oxygen atoms in total. The quantitative estimate of drug-likeness (QED) is 0.262. The van der Waals surface area contributed by atoms with Gasteiger partial charge >= 0.3 is 0 Å². The first-order valence-electron chi connectivity index (χ1n) is 20.8.